The van der Waals surface area contributed by atoms with Gasteiger partial charge in [0.25, 0.3) is 0 Å². The van der Waals surface area contributed by atoms with Crippen molar-refractivity contribution in [3.63, 3.8) is 0 Å². The van der Waals surface area contributed by atoms with E-state index in [1.165, 1.54) is 12.8 Å². The Labute approximate surface area is 169 Å². The van der Waals surface area contributed by atoms with Crippen LogP contribution in [0.25, 0.3) is 0 Å². The molecule has 4 heteroatoms. The van der Waals surface area contributed by atoms with Crippen LogP contribution in [-0.2, 0) is 9.59 Å². The van der Waals surface area contributed by atoms with E-state index in [4.69, 9.17) is 0 Å². The lowest BCUT2D eigenvalue weighted by molar-refractivity contribution is -0.125. The highest BCUT2D eigenvalue weighted by Crippen LogP contribution is 2.26. The first-order valence-corrected chi connectivity index (χ1v) is 10.4. The molecule has 0 saturated carbocycles. The number of rotatable bonds is 11. The van der Waals surface area contributed by atoms with E-state index in [2.05, 4.69) is 19.2 Å². The van der Waals surface area contributed by atoms with Gasteiger partial charge in [-0.25, -0.2) is 0 Å². The van der Waals surface area contributed by atoms with Gasteiger partial charge in [-0.15, -0.1) is 0 Å². The molecule has 2 amide bonds. The quantitative estimate of drug-likeness (QED) is 0.562. The molecule has 28 heavy (non-hydrogen) atoms. The molecule has 1 N–H and O–H groups in total. The van der Waals surface area contributed by atoms with Gasteiger partial charge in [-0.1, -0.05) is 69.5 Å². The topological polar surface area (TPSA) is 49.4 Å². The molecule has 4 nitrogen and oxygen atoms in total. The minimum absolute atomic E-state index is 0.0515. The highest BCUT2D eigenvalue weighted by atomic mass is 16.2. The molecule has 0 spiro atoms. The molecule has 0 radical (unpaired) electrons. The van der Waals surface area contributed by atoms with Crippen LogP contribution >= 0.6 is 0 Å². The molecule has 0 aliphatic carbocycles. The van der Waals surface area contributed by atoms with E-state index in [-0.39, 0.29) is 24.7 Å². The summed E-state index contributed by atoms with van der Waals surface area (Å²) in [5.41, 5.74) is 1.62. The molecular weight excluding hydrogens is 348 g/mol. The van der Waals surface area contributed by atoms with Gasteiger partial charge in [0.15, 0.2) is 0 Å². The Kier molecular flexibility index (Phi) is 9.26. The van der Waals surface area contributed by atoms with Crippen LogP contribution < -0.4 is 10.2 Å². The lowest BCUT2D eigenvalue weighted by Gasteiger charge is -2.23. The first kappa shape index (κ1) is 21.7. The van der Waals surface area contributed by atoms with Crippen LogP contribution in [0.3, 0.4) is 0 Å². The van der Waals surface area contributed by atoms with E-state index >= 15 is 0 Å². The number of unbranched alkanes of at least 4 members (excludes halogenated alkanes) is 1. The lowest BCUT2D eigenvalue weighted by Crippen LogP contribution is -2.31. The highest BCUT2D eigenvalue weighted by molar-refractivity contribution is 6.01. The van der Waals surface area contributed by atoms with Gasteiger partial charge >= 0.3 is 0 Å². The summed E-state index contributed by atoms with van der Waals surface area (Å²) in [6, 6.07) is 19.1. The predicted octanol–water partition coefficient (Wildman–Crippen LogP) is 5.46. The molecule has 0 heterocycles. The number of nitrogens with one attached hydrogen (secondary N) is 1. The van der Waals surface area contributed by atoms with Crippen LogP contribution in [0.5, 0.6) is 0 Å². The molecule has 0 aliphatic heterocycles. The molecule has 2 rings (SSSR count). The van der Waals surface area contributed by atoms with Crippen molar-refractivity contribution < 1.29 is 9.59 Å². The van der Waals surface area contributed by atoms with Gasteiger partial charge in [0.05, 0.1) is 0 Å². The van der Waals surface area contributed by atoms with Crippen LogP contribution in [0.2, 0.25) is 0 Å². The number of para-hydroxylation sites is 2. The molecule has 0 saturated heterocycles. The summed E-state index contributed by atoms with van der Waals surface area (Å²) in [6.45, 7) is 5.04. The van der Waals surface area contributed by atoms with Crippen LogP contribution in [0.15, 0.2) is 60.7 Å². The second-order valence-corrected chi connectivity index (χ2v) is 7.12. The van der Waals surface area contributed by atoms with E-state index in [0.29, 0.717) is 12.5 Å². The molecule has 0 aliphatic rings. The molecule has 0 aromatic heterocycles. The Morgan fingerprint density at radius 2 is 1.46 bits per heavy atom. The van der Waals surface area contributed by atoms with Crippen molar-refractivity contribution in [1.82, 2.24) is 5.32 Å². The third kappa shape index (κ3) is 6.84. The summed E-state index contributed by atoms with van der Waals surface area (Å²) in [5.74, 6) is 0.389. The first-order chi connectivity index (χ1) is 13.7. The number of nitrogens with zero attached hydrogens (tertiary/aromatic N) is 1. The van der Waals surface area contributed by atoms with Crippen molar-refractivity contribution in [2.45, 2.75) is 52.4 Å². The first-order valence-electron chi connectivity index (χ1n) is 10.4. The molecule has 0 bridgehead atoms. The average Bonchev–Trinajstić information content (AvgIpc) is 2.74. The fraction of sp³-hybridized carbons (Fsp3) is 0.417. The lowest BCUT2D eigenvalue weighted by atomic mass is 9.99. The third-order valence-corrected chi connectivity index (χ3v) is 4.98. The van der Waals surface area contributed by atoms with Gasteiger partial charge in [0, 0.05) is 30.8 Å². The monoisotopic (exact) mass is 380 g/mol. The average molecular weight is 381 g/mol. The SMILES string of the molecule is CCCCC(CC)CNC(=O)CCC(=O)N(c1ccccc1)c1ccccc1. The predicted molar refractivity (Wildman–Crippen MR) is 116 cm³/mol. The summed E-state index contributed by atoms with van der Waals surface area (Å²) in [6.07, 6.45) is 4.96. The fourth-order valence-electron chi connectivity index (χ4n) is 3.21. The maximum absolute atomic E-state index is 12.9. The van der Waals surface area contributed by atoms with Crippen LogP contribution in [0.1, 0.15) is 52.4 Å². The number of anilines is 2. The van der Waals surface area contributed by atoms with Crippen LogP contribution in [-0.4, -0.2) is 18.4 Å². The van der Waals surface area contributed by atoms with Crippen molar-refractivity contribution >= 4 is 23.2 Å². The summed E-state index contributed by atoms with van der Waals surface area (Å²) in [5, 5.41) is 3.01. The number of amides is 2. The zero-order chi connectivity index (χ0) is 20.2. The van der Waals surface area contributed by atoms with Gasteiger partial charge < -0.3 is 5.32 Å². The maximum Gasteiger partial charge on any atom is 0.232 e. The van der Waals surface area contributed by atoms with Crippen molar-refractivity contribution in [2.24, 2.45) is 5.92 Å². The molecule has 1 atom stereocenters. The van der Waals surface area contributed by atoms with Crippen molar-refractivity contribution in [3.8, 4) is 0 Å². The van der Waals surface area contributed by atoms with E-state index < -0.39 is 0 Å². The number of benzene rings is 2. The maximum atomic E-state index is 12.9. The van der Waals surface area contributed by atoms with E-state index in [9.17, 15) is 9.59 Å². The number of hydrogen-bond donors (Lipinski definition) is 1. The van der Waals surface area contributed by atoms with Crippen LogP contribution in [0.4, 0.5) is 11.4 Å². The number of carbonyl (C=O) groups excluding carboxylic acids is 2. The Morgan fingerprint density at radius 3 is 1.96 bits per heavy atom. The highest BCUT2D eigenvalue weighted by Gasteiger charge is 2.19. The van der Waals surface area contributed by atoms with E-state index in [0.717, 1.165) is 24.2 Å². The van der Waals surface area contributed by atoms with Gasteiger partial charge in [0.1, 0.15) is 0 Å². The van der Waals surface area contributed by atoms with Gasteiger partial charge in [-0.05, 0) is 36.6 Å². The standard InChI is InChI=1S/C24H32N2O2/c1-3-5-12-20(4-2)19-25-23(27)17-18-24(28)26(21-13-8-6-9-14-21)22-15-10-7-11-16-22/h6-11,13-16,20H,3-5,12,17-19H2,1-2H3,(H,25,27). The van der Waals surface area contributed by atoms with E-state index in [1.54, 1.807) is 4.90 Å². The Bertz CT molecular complexity index is 676. The largest absolute Gasteiger partial charge is 0.356 e. The number of hydrogen-bond acceptors (Lipinski definition) is 2. The third-order valence-electron chi connectivity index (χ3n) is 4.98. The summed E-state index contributed by atoms with van der Waals surface area (Å²) < 4.78 is 0. The van der Waals surface area contributed by atoms with E-state index in [1.807, 2.05) is 60.7 Å². The second kappa shape index (κ2) is 12.0. The Balaban J connectivity index is 1.94. The Morgan fingerprint density at radius 1 is 0.893 bits per heavy atom. The normalized spacial score (nSPS) is 11.6. The second-order valence-electron chi connectivity index (χ2n) is 7.12. The summed E-state index contributed by atoms with van der Waals surface area (Å²) in [4.78, 5) is 26.9. The number of carbonyl (C=O) groups is 2. The molecule has 150 valence electrons. The van der Waals surface area contributed by atoms with Crippen molar-refractivity contribution in [1.29, 1.82) is 0 Å². The molecule has 0 fully saturated rings. The minimum atomic E-state index is -0.0782. The van der Waals surface area contributed by atoms with Crippen molar-refractivity contribution in [2.75, 3.05) is 11.4 Å². The van der Waals surface area contributed by atoms with Crippen molar-refractivity contribution in [3.05, 3.63) is 60.7 Å². The summed E-state index contributed by atoms with van der Waals surface area (Å²) >= 11 is 0. The molecule has 1 unspecified atom stereocenters. The Hall–Kier alpha value is -2.62. The summed E-state index contributed by atoms with van der Waals surface area (Å²) in [7, 11) is 0. The van der Waals surface area contributed by atoms with Gasteiger partial charge in [0.2, 0.25) is 11.8 Å². The van der Waals surface area contributed by atoms with Gasteiger partial charge in [-0.2, -0.15) is 0 Å². The smallest absolute Gasteiger partial charge is 0.232 e. The van der Waals surface area contributed by atoms with Gasteiger partial charge in [-0.3, -0.25) is 14.5 Å². The zero-order valence-electron chi connectivity index (χ0n) is 17.1. The van der Waals surface area contributed by atoms with Crippen LogP contribution in [0, 0.1) is 5.92 Å². The molecule has 2 aromatic carbocycles. The molecular formula is C24H32N2O2. The zero-order valence-corrected chi connectivity index (χ0v) is 17.1. The minimum Gasteiger partial charge on any atom is -0.356 e. The fourth-order valence-corrected chi connectivity index (χ4v) is 3.21. The molecule has 2 aromatic rings.